The number of nitrogens with one attached hydrogen (secondary N) is 4. The summed E-state index contributed by atoms with van der Waals surface area (Å²) in [7, 11) is 0. The first-order valence-corrected chi connectivity index (χ1v) is 24.1. The molecule has 73 heavy (non-hydrogen) atoms. The predicted octanol–water partition coefficient (Wildman–Crippen LogP) is 8.71. The number of aromatic nitrogens is 1. The van der Waals surface area contributed by atoms with Crippen molar-refractivity contribution in [2.45, 2.75) is 108 Å². The molecule has 1 spiro atoms. The third-order valence-electron chi connectivity index (χ3n) is 14.3. The molecule has 1 unspecified atom stereocenters. The first kappa shape index (κ1) is 51.2. The highest BCUT2D eigenvalue weighted by atomic mass is 35.5. The molecule has 4 N–H and O–H groups in total. The first-order valence-electron chi connectivity index (χ1n) is 23.7. The Balaban J connectivity index is 0.957. The summed E-state index contributed by atoms with van der Waals surface area (Å²) in [5.41, 5.74) is -1.71. The van der Waals surface area contributed by atoms with Crippen LogP contribution in [-0.4, -0.2) is 88.4 Å². The number of carbonyl (C=O) groups excluding carboxylic acids is 5. The van der Waals surface area contributed by atoms with Gasteiger partial charge in [-0.2, -0.15) is 13.2 Å². The van der Waals surface area contributed by atoms with Crippen molar-refractivity contribution in [3.8, 4) is 17.6 Å². The van der Waals surface area contributed by atoms with Crippen molar-refractivity contribution in [3.63, 3.8) is 0 Å². The molecule has 6 heterocycles. The summed E-state index contributed by atoms with van der Waals surface area (Å²) >= 11 is 6.31. The lowest BCUT2D eigenvalue weighted by atomic mass is 9.63. The van der Waals surface area contributed by atoms with Crippen molar-refractivity contribution in [2.75, 3.05) is 30.3 Å². The van der Waals surface area contributed by atoms with Crippen molar-refractivity contribution in [2.24, 2.45) is 11.3 Å². The molecule has 21 heteroatoms. The Morgan fingerprint density at radius 1 is 1.00 bits per heavy atom. The molecule has 0 radical (unpaired) electrons. The highest BCUT2D eigenvalue weighted by Gasteiger charge is 2.62. The Morgan fingerprint density at radius 3 is 2.49 bits per heavy atom. The fraction of sp³-hybridized carbons (Fsp3) is 0.423. The molecule has 5 aliphatic rings. The number of nitrogens with zero attached hydrogens (tertiary/aromatic N) is 3. The number of imide groups is 1. The summed E-state index contributed by atoms with van der Waals surface area (Å²) in [6.07, 6.45) is -6.80. The summed E-state index contributed by atoms with van der Waals surface area (Å²) in [5, 5.41) is 10.8. The Morgan fingerprint density at radius 2 is 1.77 bits per heavy atom. The number of carbonyl (C=O) groups is 5. The second-order valence-electron chi connectivity index (χ2n) is 20.3. The van der Waals surface area contributed by atoms with Gasteiger partial charge in [-0.15, -0.1) is 13.2 Å². The van der Waals surface area contributed by atoms with E-state index in [0.29, 0.717) is 48.9 Å². The van der Waals surface area contributed by atoms with E-state index in [-0.39, 0.29) is 71.7 Å². The minimum atomic E-state index is -5.28. The van der Waals surface area contributed by atoms with Crippen molar-refractivity contribution in [1.82, 2.24) is 25.4 Å². The Bertz CT molecular complexity index is 2990. The van der Waals surface area contributed by atoms with Crippen LogP contribution in [0.2, 0.25) is 5.02 Å². The molecule has 0 bridgehead atoms. The van der Waals surface area contributed by atoms with E-state index >= 15 is 4.39 Å². The molecule has 3 fully saturated rings. The minimum absolute atomic E-state index is 0.0666. The molecular weight excluding hydrogens is 987 g/mol. The summed E-state index contributed by atoms with van der Waals surface area (Å²) in [5.74, 6) is 0.359. The average Bonchev–Trinajstić information content (AvgIpc) is 3.97. The van der Waals surface area contributed by atoms with E-state index in [9.17, 15) is 50.3 Å². The van der Waals surface area contributed by atoms with Crippen LogP contribution in [0.1, 0.15) is 114 Å². The zero-order valence-corrected chi connectivity index (χ0v) is 40.4. The van der Waals surface area contributed by atoms with Gasteiger partial charge in [0.15, 0.2) is 5.75 Å². The van der Waals surface area contributed by atoms with Crippen LogP contribution in [0.5, 0.6) is 5.75 Å². The molecule has 0 saturated carbocycles. The van der Waals surface area contributed by atoms with Gasteiger partial charge in [-0.3, -0.25) is 34.3 Å². The van der Waals surface area contributed by atoms with E-state index in [1.807, 2.05) is 20.8 Å². The Kier molecular flexibility index (Phi) is 13.5. The maximum absolute atomic E-state index is 16.3. The highest BCUT2D eigenvalue weighted by molar-refractivity contribution is 6.30. The highest BCUT2D eigenvalue weighted by Crippen LogP contribution is 2.57. The zero-order chi connectivity index (χ0) is 52.4. The van der Waals surface area contributed by atoms with Gasteiger partial charge in [-0.05, 0) is 90.6 Å². The summed E-state index contributed by atoms with van der Waals surface area (Å²) in [4.78, 5) is 73.0. The fourth-order valence-electron chi connectivity index (χ4n) is 11.1. The molecule has 3 aromatic carbocycles. The van der Waals surface area contributed by atoms with Crippen LogP contribution in [0.25, 0.3) is 0 Å². The Hall–Kier alpha value is -6.72. The second-order valence-corrected chi connectivity index (χ2v) is 20.7. The quantitative estimate of drug-likeness (QED) is 0.0769. The Labute approximate surface area is 419 Å². The largest absolute Gasteiger partial charge is 0.573 e. The standard InChI is InChI=1S/C52H49ClF7N7O6/c1-49(2,3)22-40-50(26-62-36-21-39(51(55,56)57)61-23-33(36)50)42(31-13-6-14-34(53)43(31)54)44(64-40)46(70)63-35-16-15-29(20-38(35)73-52(58,59)60)47(71)66-19-7-9-27(24-66)8-4-10-28-11-5-12-30-32(28)25-67(48(30)72)37-17-18-41(68)65-45(37)69/h5-6,11-16,20-21,23,27,37,40,42,44,62,64H,7-9,17-19,22,24-26H2,1-3H3,(H,63,70)(H,65,68,69)/t27-,37?,40+,42+,44-,50+/m1/s1. The van der Waals surface area contributed by atoms with Gasteiger partial charge >= 0.3 is 12.5 Å². The minimum Gasteiger partial charge on any atom is -0.404 e. The van der Waals surface area contributed by atoms with Crippen molar-refractivity contribution >= 4 is 52.5 Å². The van der Waals surface area contributed by atoms with E-state index in [1.165, 1.54) is 34.1 Å². The summed E-state index contributed by atoms with van der Waals surface area (Å²) in [6, 6.07) is 10.4. The van der Waals surface area contributed by atoms with Crippen molar-refractivity contribution in [1.29, 1.82) is 0 Å². The monoisotopic (exact) mass is 1040 g/mol. The number of pyridine rings is 1. The number of amides is 5. The van der Waals surface area contributed by atoms with Crippen LogP contribution in [0.4, 0.5) is 42.1 Å². The van der Waals surface area contributed by atoms with Gasteiger partial charge in [-0.25, -0.2) is 4.39 Å². The van der Waals surface area contributed by atoms with Gasteiger partial charge < -0.3 is 30.5 Å². The number of rotatable bonds is 8. The fourth-order valence-corrected chi connectivity index (χ4v) is 11.3. The normalized spacial score (nSPS) is 23.9. The molecule has 13 nitrogen and oxygen atoms in total. The number of hydrogen-bond acceptors (Lipinski definition) is 9. The van der Waals surface area contributed by atoms with Crippen LogP contribution in [0, 0.1) is 29.0 Å². The topological polar surface area (TPSA) is 162 Å². The smallest absolute Gasteiger partial charge is 0.404 e. The van der Waals surface area contributed by atoms with Crippen molar-refractivity contribution in [3.05, 3.63) is 117 Å². The van der Waals surface area contributed by atoms with E-state index in [0.717, 1.165) is 24.4 Å². The predicted molar refractivity (Wildman–Crippen MR) is 253 cm³/mol. The number of hydrogen-bond donors (Lipinski definition) is 4. The van der Waals surface area contributed by atoms with E-state index in [4.69, 9.17) is 11.6 Å². The molecule has 0 aliphatic carbocycles. The van der Waals surface area contributed by atoms with Crippen LogP contribution in [0.3, 0.4) is 0 Å². The van der Waals surface area contributed by atoms with Gasteiger partial charge in [0.1, 0.15) is 17.6 Å². The number of anilines is 2. The van der Waals surface area contributed by atoms with Gasteiger partial charge in [-0.1, -0.05) is 62.4 Å². The van der Waals surface area contributed by atoms with E-state index in [1.54, 1.807) is 18.2 Å². The maximum Gasteiger partial charge on any atom is 0.573 e. The number of ether oxygens (including phenoxy) is 1. The molecule has 6 atom stereocenters. The van der Waals surface area contributed by atoms with Crippen LogP contribution in [-0.2, 0) is 32.5 Å². The van der Waals surface area contributed by atoms with E-state index < -0.39 is 94.0 Å². The number of piperidine rings is 2. The third-order valence-corrected chi connectivity index (χ3v) is 14.6. The lowest BCUT2D eigenvalue weighted by molar-refractivity contribution is -0.274. The third kappa shape index (κ3) is 10.2. The molecule has 384 valence electrons. The lowest BCUT2D eigenvalue weighted by Crippen LogP contribution is -2.52. The summed E-state index contributed by atoms with van der Waals surface area (Å²) in [6.45, 7) is 6.29. The van der Waals surface area contributed by atoms with E-state index in [2.05, 4.69) is 42.8 Å². The number of likely N-dealkylation sites (tertiary alicyclic amines) is 1. The molecule has 4 aromatic rings. The number of fused-ring (bicyclic) bond motifs is 3. The number of alkyl halides is 6. The second kappa shape index (κ2) is 19.3. The van der Waals surface area contributed by atoms with Crippen LogP contribution < -0.4 is 26.0 Å². The summed E-state index contributed by atoms with van der Waals surface area (Å²) < 4.78 is 105. The molecule has 5 amide bonds. The maximum atomic E-state index is 16.3. The average molecular weight is 1040 g/mol. The number of benzene rings is 3. The van der Waals surface area contributed by atoms with Gasteiger partial charge in [0.2, 0.25) is 17.7 Å². The van der Waals surface area contributed by atoms with Gasteiger partial charge in [0.05, 0.1) is 16.8 Å². The van der Waals surface area contributed by atoms with Gasteiger partial charge in [0, 0.05) is 90.5 Å². The van der Waals surface area contributed by atoms with Crippen molar-refractivity contribution < 1.29 is 59.4 Å². The zero-order valence-electron chi connectivity index (χ0n) is 39.6. The SMILES string of the molecule is CC(C)(C)C[C@@H]1N[C@@H](C(=O)Nc2ccc(C(=O)N3CCC[C@@H](CC#Cc4cccc5c4CN(C4CCC(=O)NC4=O)C5=O)C3)cc2OC(F)(F)F)[C@H](c2cccc(Cl)c2F)[C@]12CNc1cc(C(F)(F)F)ncc12. The molecule has 3 saturated heterocycles. The number of halogens is 8. The molecule has 1 aromatic heterocycles. The lowest BCUT2D eigenvalue weighted by Gasteiger charge is -2.39. The molecule has 5 aliphatic heterocycles. The molecule has 9 rings (SSSR count). The van der Waals surface area contributed by atoms with Crippen LogP contribution >= 0.6 is 11.6 Å². The van der Waals surface area contributed by atoms with Gasteiger partial charge in [0.25, 0.3) is 11.8 Å². The molecular formula is C52H49ClF7N7O6. The first-order chi connectivity index (χ1) is 34.4. The van der Waals surface area contributed by atoms with Crippen LogP contribution in [0.15, 0.2) is 66.9 Å².